The van der Waals surface area contributed by atoms with Crippen LogP contribution in [0.15, 0.2) is 18.2 Å². The van der Waals surface area contributed by atoms with Crippen LogP contribution in [0.25, 0.3) is 0 Å². The average Bonchev–Trinajstić information content (AvgIpc) is 2.78. The highest BCUT2D eigenvalue weighted by Crippen LogP contribution is 2.26. The first-order chi connectivity index (χ1) is 9.22. The van der Waals surface area contributed by atoms with Gasteiger partial charge in [0.15, 0.2) is 5.78 Å². The van der Waals surface area contributed by atoms with E-state index in [1.807, 2.05) is 6.07 Å². The van der Waals surface area contributed by atoms with Crippen molar-refractivity contribution in [3.63, 3.8) is 0 Å². The maximum Gasteiger partial charge on any atom is 0.176 e. The Morgan fingerprint density at radius 1 is 1.32 bits per heavy atom. The number of hydrogen-bond donors (Lipinski definition) is 1. The predicted octanol–water partition coefficient (Wildman–Crippen LogP) is 2.71. The van der Waals surface area contributed by atoms with Crippen molar-refractivity contribution in [1.29, 1.82) is 0 Å². The topological polar surface area (TPSA) is 32.3 Å². The van der Waals surface area contributed by atoms with Gasteiger partial charge in [-0.05, 0) is 63.0 Å². The number of carbonyl (C=O) groups excluding carboxylic acids is 1. The number of anilines is 1. The van der Waals surface area contributed by atoms with Crippen molar-refractivity contribution < 1.29 is 4.79 Å². The second-order valence-corrected chi connectivity index (χ2v) is 5.88. The van der Waals surface area contributed by atoms with Gasteiger partial charge in [-0.3, -0.25) is 9.69 Å². The Balaban J connectivity index is 1.68. The predicted molar refractivity (Wildman–Crippen MR) is 77.9 cm³/mol. The van der Waals surface area contributed by atoms with Gasteiger partial charge in [0, 0.05) is 17.3 Å². The number of rotatable bonds is 3. The van der Waals surface area contributed by atoms with Crippen LogP contribution >= 0.6 is 0 Å². The van der Waals surface area contributed by atoms with Crippen LogP contribution in [-0.2, 0) is 6.42 Å². The van der Waals surface area contributed by atoms with Crippen LogP contribution in [0.1, 0.15) is 42.1 Å². The number of carbonyl (C=O) groups is 1. The summed E-state index contributed by atoms with van der Waals surface area (Å²) in [7, 11) is 0. The van der Waals surface area contributed by atoms with Crippen molar-refractivity contribution in [2.45, 2.75) is 38.6 Å². The van der Waals surface area contributed by atoms with Crippen molar-refractivity contribution >= 4 is 11.5 Å². The Hall–Kier alpha value is -1.35. The minimum atomic E-state index is 0.268. The van der Waals surface area contributed by atoms with Gasteiger partial charge in [-0.15, -0.1) is 0 Å². The summed E-state index contributed by atoms with van der Waals surface area (Å²) in [6, 6.07) is 6.60. The van der Waals surface area contributed by atoms with Gasteiger partial charge < -0.3 is 5.32 Å². The molecule has 3 rings (SSSR count). The van der Waals surface area contributed by atoms with Gasteiger partial charge in [-0.1, -0.05) is 6.42 Å². The molecule has 3 heteroatoms. The van der Waals surface area contributed by atoms with E-state index in [1.165, 1.54) is 30.5 Å². The first-order valence-electron chi connectivity index (χ1n) is 7.37. The second kappa shape index (κ2) is 5.33. The lowest BCUT2D eigenvalue weighted by atomic mass is 10.0. The summed E-state index contributed by atoms with van der Waals surface area (Å²) >= 11 is 0. The fraction of sp³-hybridized carbons (Fsp3) is 0.562. The van der Waals surface area contributed by atoms with Gasteiger partial charge in [0.05, 0.1) is 6.54 Å². The molecule has 0 aromatic heterocycles. The molecule has 1 atom stereocenters. The van der Waals surface area contributed by atoms with E-state index in [9.17, 15) is 4.79 Å². The van der Waals surface area contributed by atoms with Crippen molar-refractivity contribution in [1.82, 2.24) is 4.90 Å². The van der Waals surface area contributed by atoms with Crippen LogP contribution in [-0.4, -0.2) is 36.4 Å². The molecule has 19 heavy (non-hydrogen) atoms. The smallest absolute Gasteiger partial charge is 0.176 e. The zero-order chi connectivity index (χ0) is 13.2. The van der Waals surface area contributed by atoms with Crippen LogP contribution in [0.2, 0.25) is 0 Å². The van der Waals surface area contributed by atoms with Crippen LogP contribution in [0.3, 0.4) is 0 Å². The molecule has 102 valence electrons. The maximum atomic E-state index is 12.3. The molecule has 3 nitrogen and oxygen atoms in total. The summed E-state index contributed by atoms with van der Waals surface area (Å²) in [6.07, 6.45) is 4.81. The number of piperidine rings is 1. The molecule has 0 bridgehead atoms. The summed E-state index contributed by atoms with van der Waals surface area (Å²) in [5.74, 6) is 0.268. The Morgan fingerprint density at radius 2 is 2.11 bits per heavy atom. The maximum absolute atomic E-state index is 12.3. The van der Waals surface area contributed by atoms with Crippen LogP contribution in [0.4, 0.5) is 5.69 Å². The van der Waals surface area contributed by atoms with E-state index < -0.39 is 0 Å². The summed E-state index contributed by atoms with van der Waals surface area (Å²) in [4.78, 5) is 14.6. The van der Waals surface area contributed by atoms with Gasteiger partial charge >= 0.3 is 0 Å². The number of hydrogen-bond acceptors (Lipinski definition) is 3. The Kier molecular flexibility index (Phi) is 3.56. The van der Waals surface area contributed by atoms with Crippen molar-refractivity contribution in [2.24, 2.45) is 0 Å². The molecule has 1 aromatic rings. The molecule has 2 aliphatic rings. The summed E-state index contributed by atoms with van der Waals surface area (Å²) in [6.45, 7) is 4.92. The van der Waals surface area contributed by atoms with E-state index >= 15 is 0 Å². The van der Waals surface area contributed by atoms with Gasteiger partial charge in [0.2, 0.25) is 0 Å². The molecular weight excluding hydrogens is 236 g/mol. The standard InChI is InChI=1S/C16H22N2O/c1-12-9-14-10-13(5-6-15(14)17-12)16(19)11-18-7-3-2-4-8-18/h5-6,10,12,17H,2-4,7-9,11H2,1H3. The molecule has 0 saturated carbocycles. The molecular formula is C16H22N2O. The van der Waals surface area contributed by atoms with Gasteiger partial charge in [-0.2, -0.15) is 0 Å². The third-order valence-corrected chi connectivity index (χ3v) is 4.17. The number of nitrogens with one attached hydrogen (secondary N) is 1. The molecule has 2 aliphatic heterocycles. The lowest BCUT2D eigenvalue weighted by Gasteiger charge is -2.25. The quantitative estimate of drug-likeness (QED) is 0.846. The minimum absolute atomic E-state index is 0.268. The number of nitrogens with zero attached hydrogens (tertiary/aromatic N) is 1. The summed E-state index contributed by atoms with van der Waals surface area (Å²) in [5.41, 5.74) is 3.36. The molecule has 1 unspecified atom stereocenters. The third kappa shape index (κ3) is 2.81. The van der Waals surface area contributed by atoms with Crippen molar-refractivity contribution in [3.8, 4) is 0 Å². The van der Waals surface area contributed by atoms with Gasteiger partial charge in [0.1, 0.15) is 0 Å². The van der Waals surface area contributed by atoms with E-state index in [1.54, 1.807) is 0 Å². The molecule has 0 spiro atoms. The van der Waals surface area contributed by atoms with Gasteiger partial charge in [-0.25, -0.2) is 0 Å². The summed E-state index contributed by atoms with van der Waals surface area (Å²) < 4.78 is 0. The summed E-state index contributed by atoms with van der Waals surface area (Å²) in [5, 5.41) is 3.42. The minimum Gasteiger partial charge on any atom is -0.382 e. The third-order valence-electron chi connectivity index (χ3n) is 4.17. The molecule has 1 aromatic carbocycles. The number of fused-ring (bicyclic) bond motifs is 1. The normalized spacial score (nSPS) is 22.9. The molecule has 1 saturated heterocycles. The zero-order valence-corrected chi connectivity index (χ0v) is 11.6. The second-order valence-electron chi connectivity index (χ2n) is 5.88. The molecule has 0 radical (unpaired) electrons. The van der Waals surface area contributed by atoms with Crippen LogP contribution in [0.5, 0.6) is 0 Å². The van der Waals surface area contributed by atoms with Crippen molar-refractivity contribution in [2.75, 3.05) is 25.0 Å². The highest BCUT2D eigenvalue weighted by Gasteiger charge is 2.20. The van der Waals surface area contributed by atoms with E-state index in [0.717, 1.165) is 25.1 Å². The highest BCUT2D eigenvalue weighted by atomic mass is 16.1. The average molecular weight is 258 g/mol. The molecule has 2 heterocycles. The Morgan fingerprint density at radius 3 is 2.89 bits per heavy atom. The SMILES string of the molecule is CC1Cc2cc(C(=O)CN3CCCCC3)ccc2N1. The van der Waals surface area contributed by atoms with E-state index in [2.05, 4.69) is 29.3 Å². The van der Waals surface area contributed by atoms with Crippen LogP contribution in [0, 0.1) is 0 Å². The van der Waals surface area contributed by atoms with E-state index in [4.69, 9.17) is 0 Å². The number of ketones is 1. The number of likely N-dealkylation sites (tertiary alicyclic amines) is 1. The molecule has 1 N–H and O–H groups in total. The lowest BCUT2D eigenvalue weighted by Crippen LogP contribution is -2.34. The number of Topliss-reactive ketones (excluding diaryl/α,β-unsaturated/α-hetero) is 1. The zero-order valence-electron chi connectivity index (χ0n) is 11.6. The van der Waals surface area contributed by atoms with E-state index in [0.29, 0.717) is 12.6 Å². The van der Waals surface area contributed by atoms with Crippen LogP contribution < -0.4 is 5.32 Å². The molecule has 0 aliphatic carbocycles. The fourth-order valence-electron chi connectivity index (χ4n) is 3.14. The lowest BCUT2D eigenvalue weighted by molar-refractivity contribution is 0.0915. The first kappa shape index (κ1) is 12.7. The monoisotopic (exact) mass is 258 g/mol. The Labute approximate surface area is 115 Å². The largest absolute Gasteiger partial charge is 0.382 e. The van der Waals surface area contributed by atoms with Gasteiger partial charge in [0.25, 0.3) is 0 Å². The fourth-order valence-corrected chi connectivity index (χ4v) is 3.14. The highest BCUT2D eigenvalue weighted by molar-refractivity contribution is 5.98. The first-order valence-corrected chi connectivity index (χ1v) is 7.37. The Bertz CT molecular complexity index is 478. The molecule has 0 amide bonds. The van der Waals surface area contributed by atoms with E-state index in [-0.39, 0.29) is 5.78 Å². The van der Waals surface area contributed by atoms with Crippen molar-refractivity contribution in [3.05, 3.63) is 29.3 Å². The number of benzene rings is 1. The molecule has 1 fully saturated rings.